The van der Waals surface area contributed by atoms with Crippen molar-refractivity contribution in [3.05, 3.63) is 29.6 Å². The van der Waals surface area contributed by atoms with Gasteiger partial charge in [0.2, 0.25) is 0 Å². The van der Waals surface area contributed by atoms with Crippen LogP contribution in [-0.2, 0) is 0 Å². The number of nitrogens with one attached hydrogen (secondary N) is 1. The molecule has 1 aliphatic rings. The van der Waals surface area contributed by atoms with Crippen molar-refractivity contribution >= 4 is 0 Å². The molecule has 0 amide bonds. The minimum absolute atomic E-state index is 0.190. The van der Waals surface area contributed by atoms with Crippen LogP contribution < -0.4 is 10.1 Å². The Hall–Kier alpha value is -1.09. The number of ether oxygens (including phenoxy) is 1. The standard InChI is InChI=1S/C17H26FNO/c1-5-8-19-15-10-13(11-17(2,3)4)20-16-7-6-12(18)9-14(15)16/h6-7,9,13,15,19H,5,8,10-11H2,1-4H3. The van der Waals surface area contributed by atoms with Crippen molar-refractivity contribution in [2.45, 2.75) is 59.1 Å². The molecule has 0 spiro atoms. The van der Waals surface area contributed by atoms with Gasteiger partial charge in [-0.1, -0.05) is 27.7 Å². The molecule has 0 radical (unpaired) electrons. The molecule has 0 saturated carbocycles. The highest BCUT2D eigenvalue weighted by atomic mass is 19.1. The number of rotatable bonds is 4. The highest BCUT2D eigenvalue weighted by Gasteiger charge is 2.30. The average Bonchev–Trinajstić information content (AvgIpc) is 2.34. The summed E-state index contributed by atoms with van der Waals surface area (Å²) < 4.78 is 19.5. The molecule has 1 heterocycles. The molecule has 2 atom stereocenters. The second kappa shape index (κ2) is 6.13. The smallest absolute Gasteiger partial charge is 0.124 e. The van der Waals surface area contributed by atoms with E-state index in [4.69, 9.17) is 4.74 Å². The molecular weight excluding hydrogens is 253 g/mol. The van der Waals surface area contributed by atoms with Crippen LogP contribution in [0.25, 0.3) is 0 Å². The van der Waals surface area contributed by atoms with E-state index in [0.29, 0.717) is 0 Å². The highest BCUT2D eigenvalue weighted by molar-refractivity contribution is 5.38. The maximum atomic E-state index is 13.5. The Balaban J connectivity index is 2.20. The van der Waals surface area contributed by atoms with Gasteiger partial charge in [0.25, 0.3) is 0 Å². The van der Waals surface area contributed by atoms with Crippen LogP contribution in [0.4, 0.5) is 4.39 Å². The molecule has 2 rings (SSSR count). The lowest BCUT2D eigenvalue weighted by molar-refractivity contribution is 0.105. The fourth-order valence-electron chi connectivity index (χ4n) is 2.84. The van der Waals surface area contributed by atoms with Crippen LogP contribution in [0, 0.1) is 11.2 Å². The lowest BCUT2D eigenvalue weighted by Gasteiger charge is -2.35. The number of fused-ring (bicyclic) bond motifs is 1. The molecule has 0 bridgehead atoms. The largest absolute Gasteiger partial charge is 0.490 e. The topological polar surface area (TPSA) is 21.3 Å². The van der Waals surface area contributed by atoms with Crippen LogP contribution in [-0.4, -0.2) is 12.6 Å². The summed E-state index contributed by atoms with van der Waals surface area (Å²) in [7, 11) is 0. The third kappa shape index (κ3) is 3.95. The first kappa shape index (κ1) is 15.3. The molecule has 20 heavy (non-hydrogen) atoms. The van der Waals surface area contributed by atoms with E-state index < -0.39 is 0 Å². The molecule has 1 aliphatic heterocycles. The van der Waals surface area contributed by atoms with Crippen LogP contribution in [0.15, 0.2) is 18.2 Å². The molecule has 2 unspecified atom stereocenters. The van der Waals surface area contributed by atoms with Crippen LogP contribution in [0.1, 0.15) is 58.6 Å². The maximum Gasteiger partial charge on any atom is 0.124 e. The highest BCUT2D eigenvalue weighted by Crippen LogP contribution is 2.38. The van der Waals surface area contributed by atoms with Gasteiger partial charge >= 0.3 is 0 Å². The van der Waals surface area contributed by atoms with Gasteiger partial charge < -0.3 is 10.1 Å². The van der Waals surface area contributed by atoms with Gasteiger partial charge in [-0.25, -0.2) is 4.39 Å². The monoisotopic (exact) mass is 279 g/mol. The minimum atomic E-state index is -0.190. The predicted octanol–water partition coefficient (Wildman–Crippen LogP) is 4.45. The van der Waals surface area contributed by atoms with Crippen molar-refractivity contribution < 1.29 is 9.13 Å². The molecule has 2 nitrogen and oxygen atoms in total. The molecule has 3 heteroatoms. The second-order valence-corrected chi connectivity index (χ2v) is 6.93. The van der Waals surface area contributed by atoms with E-state index in [-0.39, 0.29) is 23.4 Å². The van der Waals surface area contributed by atoms with Crippen LogP contribution in [0.5, 0.6) is 5.75 Å². The van der Waals surface area contributed by atoms with Crippen LogP contribution in [0.2, 0.25) is 0 Å². The number of hydrogen-bond donors (Lipinski definition) is 1. The molecule has 1 aromatic rings. The third-order valence-corrected chi connectivity index (χ3v) is 3.62. The molecule has 0 aromatic heterocycles. The average molecular weight is 279 g/mol. The molecule has 0 saturated heterocycles. The van der Waals surface area contributed by atoms with Gasteiger partial charge in [0.1, 0.15) is 17.7 Å². The van der Waals surface area contributed by atoms with Gasteiger partial charge in [0.15, 0.2) is 0 Å². The maximum absolute atomic E-state index is 13.5. The fraction of sp³-hybridized carbons (Fsp3) is 0.647. The molecule has 0 fully saturated rings. The normalized spacial score (nSPS) is 22.2. The van der Waals surface area contributed by atoms with E-state index in [0.717, 1.165) is 37.1 Å². The van der Waals surface area contributed by atoms with Crippen LogP contribution >= 0.6 is 0 Å². The summed E-state index contributed by atoms with van der Waals surface area (Å²) in [4.78, 5) is 0. The van der Waals surface area contributed by atoms with Crippen molar-refractivity contribution in [1.29, 1.82) is 0 Å². The third-order valence-electron chi connectivity index (χ3n) is 3.62. The van der Waals surface area contributed by atoms with E-state index >= 15 is 0 Å². The Labute approximate surface area is 121 Å². The quantitative estimate of drug-likeness (QED) is 0.879. The molecule has 1 aromatic carbocycles. The summed E-state index contributed by atoms with van der Waals surface area (Å²) in [5, 5.41) is 3.52. The van der Waals surface area contributed by atoms with Crippen molar-refractivity contribution in [2.24, 2.45) is 5.41 Å². The van der Waals surface area contributed by atoms with E-state index in [2.05, 4.69) is 33.0 Å². The van der Waals surface area contributed by atoms with Crippen LogP contribution in [0.3, 0.4) is 0 Å². The lowest BCUT2D eigenvalue weighted by Crippen LogP contribution is -2.35. The Morgan fingerprint density at radius 1 is 1.35 bits per heavy atom. The van der Waals surface area contributed by atoms with Crippen molar-refractivity contribution in [3.8, 4) is 5.75 Å². The van der Waals surface area contributed by atoms with Crippen molar-refractivity contribution in [2.75, 3.05) is 6.54 Å². The Morgan fingerprint density at radius 3 is 2.75 bits per heavy atom. The van der Waals surface area contributed by atoms with Crippen molar-refractivity contribution in [1.82, 2.24) is 5.32 Å². The second-order valence-electron chi connectivity index (χ2n) is 6.93. The molecule has 112 valence electrons. The summed E-state index contributed by atoms with van der Waals surface area (Å²) in [6.45, 7) is 9.77. The zero-order chi connectivity index (χ0) is 14.8. The summed E-state index contributed by atoms with van der Waals surface area (Å²) in [5.41, 5.74) is 1.20. The molecular formula is C17H26FNO. The zero-order valence-corrected chi connectivity index (χ0v) is 13.0. The van der Waals surface area contributed by atoms with E-state index in [1.807, 2.05) is 0 Å². The van der Waals surface area contributed by atoms with Gasteiger partial charge in [0, 0.05) is 18.0 Å². The van der Waals surface area contributed by atoms with Crippen molar-refractivity contribution in [3.63, 3.8) is 0 Å². The van der Waals surface area contributed by atoms with Gasteiger partial charge in [0.05, 0.1) is 0 Å². The van der Waals surface area contributed by atoms with Gasteiger partial charge in [-0.15, -0.1) is 0 Å². The summed E-state index contributed by atoms with van der Waals surface area (Å²) in [6.07, 6.45) is 3.19. The minimum Gasteiger partial charge on any atom is -0.490 e. The number of hydrogen-bond acceptors (Lipinski definition) is 2. The Bertz CT molecular complexity index is 453. The number of halogens is 1. The van der Waals surface area contributed by atoms with E-state index in [9.17, 15) is 4.39 Å². The summed E-state index contributed by atoms with van der Waals surface area (Å²) in [5.74, 6) is 0.644. The Morgan fingerprint density at radius 2 is 2.10 bits per heavy atom. The summed E-state index contributed by atoms with van der Waals surface area (Å²) >= 11 is 0. The Kier molecular flexibility index (Phi) is 4.69. The first-order chi connectivity index (χ1) is 9.39. The first-order valence-electron chi connectivity index (χ1n) is 7.58. The van der Waals surface area contributed by atoms with Gasteiger partial charge in [-0.2, -0.15) is 0 Å². The first-order valence-corrected chi connectivity index (χ1v) is 7.58. The zero-order valence-electron chi connectivity index (χ0n) is 13.0. The fourth-order valence-corrected chi connectivity index (χ4v) is 2.84. The van der Waals surface area contributed by atoms with Gasteiger partial charge in [-0.05, 0) is 43.0 Å². The molecule has 1 N–H and O–H groups in total. The lowest BCUT2D eigenvalue weighted by atomic mass is 9.84. The summed E-state index contributed by atoms with van der Waals surface area (Å²) in [6, 6.07) is 5.05. The molecule has 0 aliphatic carbocycles. The van der Waals surface area contributed by atoms with Gasteiger partial charge in [-0.3, -0.25) is 0 Å². The van der Waals surface area contributed by atoms with E-state index in [1.165, 1.54) is 6.07 Å². The SMILES string of the molecule is CCCNC1CC(CC(C)(C)C)Oc2ccc(F)cc21. The van der Waals surface area contributed by atoms with E-state index in [1.54, 1.807) is 12.1 Å². The predicted molar refractivity (Wildman–Crippen MR) is 80.5 cm³/mol. The number of benzene rings is 1.